The van der Waals surface area contributed by atoms with Gasteiger partial charge in [-0.05, 0) is 12.1 Å². The Hall–Kier alpha value is -2.20. The predicted octanol–water partition coefficient (Wildman–Crippen LogP) is 2.93. The summed E-state index contributed by atoms with van der Waals surface area (Å²) in [6.45, 7) is 0. The molecule has 88 valence electrons. The molecule has 0 atom stereocenters. The zero-order chi connectivity index (χ0) is 12.5. The Labute approximate surface area is 108 Å². The molecule has 0 fully saturated rings. The molecule has 0 spiro atoms. The van der Waals surface area contributed by atoms with E-state index in [0.29, 0.717) is 5.02 Å². The Morgan fingerprint density at radius 1 is 1.06 bits per heavy atom. The molecular weight excluding hydrogens is 248 g/mol. The van der Waals surface area contributed by atoms with E-state index in [1.165, 1.54) is 0 Å². The first kappa shape index (κ1) is 10.9. The van der Waals surface area contributed by atoms with Gasteiger partial charge in [-0.2, -0.15) is 0 Å². The fourth-order valence-electron chi connectivity index (χ4n) is 1.87. The van der Waals surface area contributed by atoms with Crippen LogP contribution in [0, 0.1) is 0 Å². The van der Waals surface area contributed by atoms with Crippen molar-refractivity contribution in [2.24, 2.45) is 0 Å². The monoisotopic (exact) mass is 256 g/mol. The lowest BCUT2D eigenvalue weighted by molar-refractivity contribution is 1.23. The Balaban J connectivity index is 2.39. The molecule has 18 heavy (non-hydrogen) atoms. The van der Waals surface area contributed by atoms with Crippen LogP contribution < -0.4 is 5.73 Å². The SMILES string of the molecule is Nc1nc(-c2ccncc2Cl)c2ccccc2n1. The van der Waals surface area contributed by atoms with Crippen molar-refractivity contribution in [1.82, 2.24) is 15.0 Å². The molecule has 0 amide bonds. The number of nitrogens with zero attached hydrogens (tertiary/aromatic N) is 3. The molecule has 1 aromatic carbocycles. The largest absolute Gasteiger partial charge is 0.368 e. The smallest absolute Gasteiger partial charge is 0.221 e. The van der Waals surface area contributed by atoms with Crippen LogP contribution in [0.3, 0.4) is 0 Å². The van der Waals surface area contributed by atoms with Crippen molar-refractivity contribution < 1.29 is 0 Å². The fourth-order valence-corrected chi connectivity index (χ4v) is 2.08. The summed E-state index contributed by atoms with van der Waals surface area (Å²) in [7, 11) is 0. The molecule has 5 heteroatoms. The second-order valence-corrected chi connectivity index (χ2v) is 4.21. The van der Waals surface area contributed by atoms with E-state index in [2.05, 4.69) is 15.0 Å². The first-order valence-electron chi connectivity index (χ1n) is 5.38. The van der Waals surface area contributed by atoms with Crippen molar-refractivity contribution in [3.05, 3.63) is 47.7 Å². The van der Waals surface area contributed by atoms with E-state index in [0.717, 1.165) is 22.2 Å². The maximum Gasteiger partial charge on any atom is 0.221 e. The van der Waals surface area contributed by atoms with Crippen LogP contribution in [0.4, 0.5) is 5.95 Å². The van der Waals surface area contributed by atoms with Crippen LogP contribution in [-0.2, 0) is 0 Å². The minimum Gasteiger partial charge on any atom is -0.368 e. The summed E-state index contributed by atoms with van der Waals surface area (Å²) < 4.78 is 0. The fraction of sp³-hybridized carbons (Fsp3) is 0. The number of hydrogen-bond acceptors (Lipinski definition) is 4. The van der Waals surface area contributed by atoms with Crippen LogP contribution in [0.1, 0.15) is 0 Å². The van der Waals surface area contributed by atoms with Gasteiger partial charge < -0.3 is 5.73 Å². The third-order valence-electron chi connectivity index (χ3n) is 2.65. The second kappa shape index (κ2) is 4.23. The van der Waals surface area contributed by atoms with E-state index in [4.69, 9.17) is 17.3 Å². The highest BCUT2D eigenvalue weighted by atomic mass is 35.5. The maximum atomic E-state index is 6.15. The highest BCUT2D eigenvalue weighted by Crippen LogP contribution is 2.30. The highest BCUT2D eigenvalue weighted by molar-refractivity contribution is 6.33. The number of hydrogen-bond donors (Lipinski definition) is 1. The van der Waals surface area contributed by atoms with Gasteiger partial charge in [-0.15, -0.1) is 0 Å². The number of benzene rings is 1. The average Bonchev–Trinajstić information content (AvgIpc) is 2.38. The summed E-state index contributed by atoms with van der Waals surface area (Å²) in [6, 6.07) is 9.50. The molecule has 2 N–H and O–H groups in total. The summed E-state index contributed by atoms with van der Waals surface area (Å²) in [6.07, 6.45) is 3.26. The first-order chi connectivity index (χ1) is 8.75. The lowest BCUT2D eigenvalue weighted by Gasteiger charge is -2.07. The molecule has 3 aromatic rings. The lowest BCUT2D eigenvalue weighted by Crippen LogP contribution is -1.98. The normalized spacial score (nSPS) is 10.7. The van der Waals surface area contributed by atoms with Crippen LogP contribution in [0.5, 0.6) is 0 Å². The quantitative estimate of drug-likeness (QED) is 0.727. The number of halogens is 1. The summed E-state index contributed by atoms with van der Waals surface area (Å²) in [5.41, 5.74) is 8.06. The van der Waals surface area contributed by atoms with E-state index in [1.807, 2.05) is 30.3 Å². The van der Waals surface area contributed by atoms with Gasteiger partial charge in [0.05, 0.1) is 16.2 Å². The van der Waals surface area contributed by atoms with Crippen LogP contribution in [-0.4, -0.2) is 15.0 Å². The molecule has 0 unspecified atom stereocenters. The van der Waals surface area contributed by atoms with Crippen molar-refractivity contribution >= 4 is 28.5 Å². The third kappa shape index (κ3) is 1.76. The van der Waals surface area contributed by atoms with Crippen LogP contribution in [0.2, 0.25) is 5.02 Å². The molecule has 0 aliphatic rings. The maximum absolute atomic E-state index is 6.15. The molecule has 2 heterocycles. The molecule has 0 radical (unpaired) electrons. The van der Waals surface area contributed by atoms with Gasteiger partial charge in [0.25, 0.3) is 0 Å². The van der Waals surface area contributed by atoms with Crippen molar-refractivity contribution in [2.75, 3.05) is 5.73 Å². The Kier molecular flexibility index (Phi) is 2.57. The number of rotatable bonds is 1. The molecular formula is C13H9ClN4. The molecule has 0 aliphatic carbocycles. The summed E-state index contributed by atoms with van der Waals surface area (Å²) in [5.74, 6) is 0.233. The van der Waals surface area contributed by atoms with E-state index >= 15 is 0 Å². The summed E-state index contributed by atoms with van der Waals surface area (Å²) in [4.78, 5) is 12.5. The van der Waals surface area contributed by atoms with Crippen LogP contribution in [0.25, 0.3) is 22.2 Å². The molecule has 2 aromatic heterocycles. The molecule has 0 saturated carbocycles. The number of anilines is 1. The minimum absolute atomic E-state index is 0.233. The lowest BCUT2D eigenvalue weighted by atomic mass is 10.1. The Morgan fingerprint density at radius 2 is 1.89 bits per heavy atom. The van der Waals surface area contributed by atoms with Gasteiger partial charge in [0.1, 0.15) is 0 Å². The van der Waals surface area contributed by atoms with Gasteiger partial charge in [0.2, 0.25) is 5.95 Å². The van der Waals surface area contributed by atoms with E-state index in [9.17, 15) is 0 Å². The summed E-state index contributed by atoms with van der Waals surface area (Å²) >= 11 is 6.15. The number of para-hydroxylation sites is 1. The minimum atomic E-state index is 0.233. The number of aromatic nitrogens is 3. The van der Waals surface area contributed by atoms with Crippen LogP contribution in [0.15, 0.2) is 42.7 Å². The van der Waals surface area contributed by atoms with Crippen LogP contribution >= 0.6 is 11.6 Å². The topological polar surface area (TPSA) is 64.7 Å². The molecule has 0 bridgehead atoms. The summed E-state index contributed by atoms with van der Waals surface area (Å²) in [5, 5.41) is 1.46. The Bertz CT molecular complexity index is 727. The molecule has 4 nitrogen and oxygen atoms in total. The van der Waals surface area contributed by atoms with Gasteiger partial charge in [-0.25, -0.2) is 9.97 Å². The van der Waals surface area contributed by atoms with Gasteiger partial charge in [-0.1, -0.05) is 29.8 Å². The van der Waals surface area contributed by atoms with Gasteiger partial charge in [0.15, 0.2) is 0 Å². The average molecular weight is 257 g/mol. The molecule has 3 rings (SSSR count). The van der Waals surface area contributed by atoms with Crippen molar-refractivity contribution in [2.45, 2.75) is 0 Å². The van der Waals surface area contributed by atoms with Crippen molar-refractivity contribution in [1.29, 1.82) is 0 Å². The zero-order valence-electron chi connectivity index (χ0n) is 9.34. The van der Waals surface area contributed by atoms with E-state index in [1.54, 1.807) is 12.4 Å². The highest BCUT2D eigenvalue weighted by Gasteiger charge is 2.10. The van der Waals surface area contributed by atoms with E-state index in [-0.39, 0.29) is 5.95 Å². The van der Waals surface area contributed by atoms with E-state index < -0.39 is 0 Å². The van der Waals surface area contributed by atoms with Gasteiger partial charge >= 0.3 is 0 Å². The van der Waals surface area contributed by atoms with Gasteiger partial charge in [-0.3, -0.25) is 4.98 Å². The number of nitrogen functional groups attached to an aromatic ring is 1. The van der Waals surface area contributed by atoms with Crippen molar-refractivity contribution in [3.63, 3.8) is 0 Å². The number of nitrogens with two attached hydrogens (primary N) is 1. The zero-order valence-corrected chi connectivity index (χ0v) is 10.1. The second-order valence-electron chi connectivity index (χ2n) is 3.80. The first-order valence-corrected chi connectivity index (χ1v) is 5.75. The van der Waals surface area contributed by atoms with Gasteiger partial charge in [0, 0.05) is 23.3 Å². The standard InChI is InChI=1S/C13H9ClN4/c14-10-7-16-6-5-8(10)12-9-3-1-2-4-11(9)17-13(15)18-12/h1-7H,(H2,15,17,18). The third-order valence-corrected chi connectivity index (χ3v) is 2.95. The molecule has 0 saturated heterocycles. The van der Waals surface area contributed by atoms with Crippen molar-refractivity contribution in [3.8, 4) is 11.3 Å². The number of fused-ring (bicyclic) bond motifs is 1. The predicted molar refractivity (Wildman–Crippen MR) is 72.2 cm³/mol. The number of pyridine rings is 1. The molecule has 0 aliphatic heterocycles. The Morgan fingerprint density at radius 3 is 2.72 bits per heavy atom.